The summed E-state index contributed by atoms with van der Waals surface area (Å²) in [5, 5.41) is 16.3. The Bertz CT molecular complexity index is 1160. The van der Waals surface area contributed by atoms with Crippen LogP contribution in [0, 0.1) is 0 Å². The molecular formula is C24H28N4O4. The summed E-state index contributed by atoms with van der Waals surface area (Å²) in [5.41, 5.74) is 3.11. The number of amides is 1. The number of hydrogen-bond acceptors (Lipinski definition) is 5. The molecule has 0 bridgehead atoms. The summed E-state index contributed by atoms with van der Waals surface area (Å²) in [6.07, 6.45) is -0.983. The predicted molar refractivity (Wildman–Crippen MR) is 122 cm³/mol. The average Bonchev–Trinajstić information content (AvgIpc) is 3.13. The normalized spacial score (nSPS) is 18.0. The Morgan fingerprint density at radius 3 is 2.59 bits per heavy atom. The van der Waals surface area contributed by atoms with E-state index in [2.05, 4.69) is 10.6 Å². The molecule has 0 saturated heterocycles. The summed E-state index contributed by atoms with van der Waals surface area (Å²) in [6, 6.07) is 12.8. The third-order valence-corrected chi connectivity index (χ3v) is 5.57. The molecule has 168 valence electrons. The predicted octanol–water partition coefficient (Wildman–Crippen LogP) is 5.03. The van der Waals surface area contributed by atoms with Crippen LogP contribution in [0.3, 0.4) is 0 Å². The number of nitrogens with one attached hydrogen (secondary N) is 2. The van der Waals surface area contributed by atoms with Crippen molar-refractivity contribution in [2.24, 2.45) is 0 Å². The van der Waals surface area contributed by atoms with E-state index in [4.69, 9.17) is 9.72 Å². The lowest BCUT2D eigenvalue weighted by Crippen LogP contribution is -2.36. The Morgan fingerprint density at radius 2 is 1.94 bits per heavy atom. The van der Waals surface area contributed by atoms with E-state index < -0.39 is 17.6 Å². The van der Waals surface area contributed by atoms with Crippen molar-refractivity contribution in [3.63, 3.8) is 0 Å². The van der Waals surface area contributed by atoms with Crippen LogP contribution in [0.25, 0.3) is 11.0 Å². The van der Waals surface area contributed by atoms with Crippen molar-refractivity contribution in [3.05, 3.63) is 59.4 Å². The molecule has 2 heterocycles. The van der Waals surface area contributed by atoms with Gasteiger partial charge in [0.1, 0.15) is 12.4 Å². The monoisotopic (exact) mass is 436 g/mol. The zero-order valence-corrected chi connectivity index (χ0v) is 18.7. The van der Waals surface area contributed by atoms with Crippen LogP contribution in [0.5, 0.6) is 0 Å². The molecule has 1 amide bonds. The lowest BCUT2D eigenvalue weighted by Gasteiger charge is -2.31. The fourth-order valence-corrected chi connectivity index (χ4v) is 4.17. The number of rotatable bonds is 3. The Balaban J connectivity index is 1.70. The molecule has 0 aliphatic carbocycles. The highest BCUT2D eigenvalue weighted by molar-refractivity contribution is 5.93. The van der Waals surface area contributed by atoms with Gasteiger partial charge < -0.3 is 20.5 Å². The molecule has 8 nitrogen and oxygen atoms in total. The van der Waals surface area contributed by atoms with Gasteiger partial charge in [-0.05, 0) is 31.0 Å². The molecule has 32 heavy (non-hydrogen) atoms. The highest BCUT2D eigenvalue weighted by atomic mass is 16.5. The first kappa shape index (κ1) is 21.7. The van der Waals surface area contributed by atoms with E-state index in [-0.39, 0.29) is 18.7 Å². The summed E-state index contributed by atoms with van der Waals surface area (Å²) >= 11 is 0. The van der Waals surface area contributed by atoms with Crippen LogP contribution in [0.15, 0.2) is 42.5 Å². The van der Waals surface area contributed by atoms with Gasteiger partial charge in [0.05, 0.1) is 17.1 Å². The SMILES string of the molecule is C[C@H]1C[C@@H](NC(=O)OCc2ccccc2)c2c(ccc3c2nc(C(C)(C)C)n3C(=O)O)N1. The van der Waals surface area contributed by atoms with Crippen LogP contribution in [0.4, 0.5) is 15.3 Å². The molecule has 8 heteroatoms. The standard InChI is InChI=1S/C24H28N4O4/c1-14-12-17(26-22(29)32-13-15-8-6-5-7-9-15)19-16(25-14)10-11-18-20(19)27-21(24(2,3)4)28(18)23(30)31/h5-11,14,17,25H,12-13H2,1-4H3,(H,26,29)(H,30,31)/t14-,17+/m0/s1. The van der Waals surface area contributed by atoms with Crippen molar-refractivity contribution in [3.8, 4) is 0 Å². The van der Waals surface area contributed by atoms with Gasteiger partial charge in [0.25, 0.3) is 0 Å². The molecule has 1 aliphatic rings. The lowest BCUT2D eigenvalue weighted by molar-refractivity contribution is 0.134. The second kappa shape index (κ2) is 8.18. The maximum absolute atomic E-state index is 12.6. The van der Waals surface area contributed by atoms with E-state index in [1.165, 1.54) is 4.57 Å². The van der Waals surface area contributed by atoms with Crippen LogP contribution in [0.2, 0.25) is 0 Å². The topological polar surface area (TPSA) is 105 Å². The van der Waals surface area contributed by atoms with Crippen molar-refractivity contribution in [2.45, 2.75) is 58.2 Å². The second-order valence-corrected chi connectivity index (χ2v) is 9.24. The number of imidazole rings is 1. The molecule has 0 fully saturated rings. The van der Waals surface area contributed by atoms with Gasteiger partial charge in [0, 0.05) is 22.7 Å². The smallest absolute Gasteiger partial charge is 0.417 e. The molecule has 2 atom stereocenters. The van der Waals surface area contributed by atoms with Gasteiger partial charge in [-0.15, -0.1) is 0 Å². The number of nitrogens with zero attached hydrogens (tertiary/aromatic N) is 2. The Labute approximate surface area is 186 Å². The van der Waals surface area contributed by atoms with Crippen molar-refractivity contribution in [2.75, 3.05) is 5.32 Å². The summed E-state index contributed by atoms with van der Waals surface area (Å²) < 4.78 is 6.66. The minimum absolute atomic E-state index is 0.114. The minimum Gasteiger partial charge on any atom is -0.464 e. The van der Waals surface area contributed by atoms with Crippen LogP contribution >= 0.6 is 0 Å². The minimum atomic E-state index is -1.08. The molecular weight excluding hydrogens is 408 g/mol. The number of fused-ring (bicyclic) bond motifs is 3. The van der Waals surface area contributed by atoms with Crippen molar-refractivity contribution in [1.29, 1.82) is 0 Å². The van der Waals surface area contributed by atoms with Crippen LogP contribution in [0.1, 0.15) is 57.1 Å². The van der Waals surface area contributed by atoms with Gasteiger partial charge in [0.2, 0.25) is 0 Å². The summed E-state index contributed by atoms with van der Waals surface area (Å²) in [6.45, 7) is 7.99. The molecule has 0 spiro atoms. The second-order valence-electron chi connectivity index (χ2n) is 9.24. The molecule has 0 saturated carbocycles. The van der Waals surface area contributed by atoms with Gasteiger partial charge in [-0.25, -0.2) is 19.1 Å². The molecule has 1 aromatic heterocycles. The molecule has 0 radical (unpaired) electrons. The molecule has 3 aromatic rings. The first-order valence-electron chi connectivity index (χ1n) is 10.7. The highest BCUT2D eigenvalue weighted by Gasteiger charge is 2.33. The third kappa shape index (κ3) is 4.12. The van der Waals surface area contributed by atoms with Crippen molar-refractivity contribution < 1.29 is 19.4 Å². The molecule has 2 aromatic carbocycles. The number of carboxylic acid groups (broad SMARTS) is 1. The maximum Gasteiger partial charge on any atom is 0.417 e. The highest BCUT2D eigenvalue weighted by Crippen LogP contribution is 2.39. The molecule has 3 N–H and O–H groups in total. The Morgan fingerprint density at radius 1 is 1.22 bits per heavy atom. The number of ether oxygens (including phenoxy) is 1. The average molecular weight is 437 g/mol. The Hall–Kier alpha value is -3.55. The fraction of sp³-hybridized carbons (Fsp3) is 0.375. The number of anilines is 1. The van der Waals surface area contributed by atoms with E-state index in [0.717, 1.165) is 16.8 Å². The number of benzene rings is 2. The molecule has 4 rings (SSSR count). The van der Waals surface area contributed by atoms with Crippen molar-refractivity contribution in [1.82, 2.24) is 14.9 Å². The lowest BCUT2D eigenvalue weighted by atomic mass is 9.92. The van der Waals surface area contributed by atoms with Gasteiger partial charge in [-0.3, -0.25) is 0 Å². The van der Waals surface area contributed by atoms with E-state index in [1.807, 2.05) is 64.1 Å². The number of carbonyl (C=O) groups excluding carboxylic acids is 1. The van der Waals surface area contributed by atoms with Gasteiger partial charge in [-0.1, -0.05) is 51.1 Å². The number of hydrogen-bond donors (Lipinski definition) is 3. The fourth-order valence-electron chi connectivity index (χ4n) is 4.17. The molecule has 0 unspecified atom stereocenters. The summed E-state index contributed by atoms with van der Waals surface area (Å²) in [7, 11) is 0. The van der Waals surface area contributed by atoms with E-state index in [1.54, 1.807) is 6.07 Å². The van der Waals surface area contributed by atoms with Crippen LogP contribution < -0.4 is 10.6 Å². The number of aromatic nitrogens is 2. The largest absolute Gasteiger partial charge is 0.464 e. The van der Waals surface area contributed by atoms with E-state index in [0.29, 0.717) is 23.3 Å². The van der Waals surface area contributed by atoms with Gasteiger partial charge in [0.15, 0.2) is 0 Å². The zero-order chi connectivity index (χ0) is 23.0. The first-order chi connectivity index (χ1) is 15.1. The molecule has 1 aliphatic heterocycles. The van der Waals surface area contributed by atoms with Gasteiger partial charge >= 0.3 is 12.2 Å². The van der Waals surface area contributed by atoms with Crippen LogP contribution in [-0.2, 0) is 16.8 Å². The quantitative estimate of drug-likeness (QED) is 0.532. The number of alkyl carbamates (subject to hydrolysis) is 1. The van der Waals surface area contributed by atoms with E-state index >= 15 is 0 Å². The first-order valence-corrected chi connectivity index (χ1v) is 10.7. The Kier molecular flexibility index (Phi) is 5.54. The zero-order valence-electron chi connectivity index (χ0n) is 18.7. The van der Waals surface area contributed by atoms with E-state index in [9.17, 15) is 14.7 Å². The third-order valence-electron chi connectivity index (χ3n) is 5.57. The van der Waals surface area contributed by atoms with Gasteiger partial charge in [-0.2, -0.15) is 0 Å². The van der Waals surface area contributed by atoms with Crippen molar-refractivity contribution >= 4 is 28.9 Å². The summed E-state index contributed by atoms with van der Waals surface area (Å²) in [5.74, 6) is 0.456. The number of carbonyl (C=O) groups is 2. The summed E-state index contributed by atoms with van der Waals surface area (Å²) in [4.78, 5) is 29.4. The van der Waals surface area contributed by atoms with Crippen LogP contribution in [-0.4, -0.2) is 32.9 Å². The maximum atomic E-state index is 12.6.